The van der Waals surface area contributed by atoms with Crippen molar-refractivity contribution in [3.05, 3.63) is 71.0 Å². The van der Waals surface area contributed by atoms with Gasteiger partial charge in [0, 0.05) is 42.5 Å². The summed E-state index contributed by atoms with van der Waals surface area (Å²) >= 11 is 0. The van der Waals surface area contributed by atoms with Gasteiger partial charge in [-0.2, -0.15) is 0 Å². The molecule has 4 aromatic rings. The van der Waals surface area contributed by atoms with Gasteiger partial charge in [0.15, 0.2) is 0 Å². The lowest BCUT2D eigenvalue weighted by molar-refractivity contribution is -0.120. The Morgan fingerprint density at radius 1 is 1.02 bits per heavy atom. The number of aromatic nitrogens is 3. The van der Waals surface area contributed by atoms with Gasteiger partial charge < -0.3 is 25.8 Å². The van der Waals surface area contributed by atoms with E-state index in [0.29, 0.717) is 39.8 Å². The van der Waals surface area contributed by atoms with Crippen LogP contribution < -0.4 is 26.4 Å². The van der Waals surface area contributed by atoms with Gasteiger partial charge in [0.2, 0.25) is 5.91 Å². The summed E-state index contributed by atoms with van der Waals surface area (Å²) in [6.45, 7) is 1.92. The molecular formula is C32H36FN7O2. The predicted octanol–water partition coefficient (Wildman–Crippen LogP) is 5.57. The molecule has 2 fully saturated rings. The summed E-state index contributed by atoms with van der Waals surface area (Å²) in [7, 11) is 2.00. The van der Waals surface area contributed by atoms with Crippen LogP contribution in [-0.4, -0.2) is 47.0 Å². The number of nitrogens with zero attached hydrogens (tertiary/aromatic N) is 3. The highest BCUT2D eigenvalue weighted by Crippen LogP contribution is 2.32. The second kappa shape index (κ2) is 12.3. The molecule has 1 aliphatic carbocycles. The first-order valence-electron chi connectivity index (χ1n) is 14.8. The molecule has 6 rings (SSSR count). The van der Waals surface area contributed by atoms with E-state index >= 15 is 4.39 Å². The van der Waals surface area contributed by atoms with Gasteiger partial charge in [-0.25, -0.2) is 14.4 Å². The number of nitrogens with one attached hydrogen (secondary N) is 4. The standard InChI is InChI=1S/C32H36FN7O2/c1-34-21-12-15-40(16-13-21)23-8-10-29(36-19-23)39-28-18-27(38-26-11-14-35-32(42)30(26)28)24-9-7-22(17-25(24)33)37-31(41)20-5-3-2-4-6-20/h7-11,14,17-21,34H,2-6,12-13,15-16H2,1H3,(H,35,42)(H,37,41)(H,36,38,39). The second-order valence-corrected chi connectivity index (χ2v) is 11.2. The largest absolute Gasteiger partial charge is 0.370 e. The number of rotatable bonds is 7. The molecule has 0 spiro atoms. The van der Waals surface area contributed by atoms with Gasteiger partial charge in [-0.1, -0.05) is 19.3 Å². The SMILES string of the molecule is CNC1CCN(c2ccc(Nc3cc(-c4ccc(NC(=O)C5CCCCC5)cc4F)nc4cc[nH]c(=O)c34)nc2)CC1. The Morgan fingerprint density at radius 3 is 2.55 bits per heavy atom. The zero-order valence-corrected chi connectivity index (χ0v) is 23.8. The van der Waals surface area contributed by atoms with E-state index in [1.165, 1.54) is 12.3 Å². The fourth-order valence-electron chi connectivity index (χ4n) is 6.05. The molecule has 4 heterocycles. The Morgan fingerprint density at radius 2 is 1.83 bits per heavy atom. The molecule has 10 heteroatoms. The lowest BCUT2D eigenvalue weighted by Gasteiger charge is -2.33. The number of hydrogen-bond donors (Lipinski definition) is 4. The third-order valence-electron chi connectivity index (χ3n) is 8.50. The van der Waals surface area contributed by atoms with E-state index in [4.69, 9.17) is 0 Å². The number of carbonyl (C=O) groups excluding carboxylic acids is 1. The van der Waals surface area contributed by atoms with Gasteiger partial charge in [-0.05, 0) is 75.2 Å². The number of hydrogen-bond acceptors (Lipinski definition) is 7. The Bertz CT molecular complexity index is 1620. The average Bonchev–Trinajstić information content (AvgIpc) is 3.02. The van der Waals surface area contributed by atoms with Crippen LogP contribution in [0.1, 0.15) is 44.9 Å². The molecule has 3 aromatic heterocycles. The molecule has 0 bridgehead atoms. The summed E-state index contributed by atoms with van der Waals surface area (Å²) < 4.78 is 15.4. The van der Waals surface area contributed by atoms with Gasteiger partial charge in [-0.3, -0.25) is 9.59 Å². The van der Waals surface area contributed by atoms with Gasteiger partial charge in [0.05, 0.1) is 34.2 Å². The number of halogens is 1. The van der Waals surface area contributed by atoms with Crippen molar-refractivity contribution in [3.63, 3.8) is 0 Å². The third kappa shape index (κ3) is 5.99. The molecule has 0 atom stereocenters. The highest BCUT2D eigenvalue weighted by molar-refractivity contribution is 5.95. The number of fused-ring (bicyclic) bond motifs is 1. The second-order valence-electron chi connectivity index (χ2n) is 11.2. The zero-order valence-electron chi connectivity index (χ0n) is 23.8. The van der Waals surface area contributed by atoms with Crippen LogP contribution in [0.15, 0.2) is 59.7 Å². The number of amides is 1. The van der Waals surface area contributed by atoms with E-state index in [1.807, 2.05) is 25.4 Å². The van der Waals surface area contributed by atoms with E-state index in [1.54, 1.807) is 24.3 Å². The predicted molar refractivity (Wildman–Crippen MR) is 165 cm³/mol. The summed E-state index contributed by atoms with van der Waals surface area (Å²) in [5, 5.41) is 9.84. The lowest BCUT2D eigenvalue weighted by atomic mass is 9.88. The molecule has 1 saturated carbocycles. The van der Waals surface area contributed by atoms with Crippen LogP contribution in [0.4, 0.5) is 27.3 Å². The first-order chi connectivity index (χ1) is 20.5. The molecular weight excluding hydrogens is 533 g/mol. The molecule has 1 aromatic carbocycles. The maximum absolute atomic E-state index is 15.4. The molecule has 218 valence electrons. The number of pyridine rings is 3. The van der Waals surface area contributed by atoms with Crippen molar-refractivity contribution in [2.75, 3.05) is 35.7 Å². The van der Waals surface area contributed by atoms with E-state index in [2.05, 4.69) is 35.8 Å². The molecule has 42 heavy (non-hydrogen) atoms. The minimum atomic E-state index is -0.511. The van der Waals surface area contributed by atoms with Crippen LogP contribution in [-0.2, 0) is 4.79 Å². The molecule has 1 saturated heterocycles. The van der Waals surface area contributed by atoms with E-state index in [9.17, 15) is 9.59 Å². The quantitative estimate of drug-likeness (QED) is 0.230. The van der Waals surface area contributed by atoms with Gasteiger partial charge in [0.1, 0.15) is 11.6 Å². The average molecular weight is 570 g/mol. The Hall–Kier alpha value is -4.31. The molecule has 1 aliphatic heterocycles. The van der Waals surface area contributed by atoms with Crippen molar-refractivity contribution in [3.8, 4) is 11.3 Å². The summed E-state index contributed by atoms with van der Waals surface area (Å²) in [4.78, 5) is 39.7. The van der Waals surface area contributed by atoms with Crippen LogP contribution in [0.5, 0.6) is 0 Å². The van der Waals surface area contributed by atoms with Gasteiger partial charge >= 0.3 is 0 Å². The van der Waals surface area contributed by atoms with Gasteiger partial charge in [-0.15, -0.1) is 0 Å². The fourth-order valence-corrected chi connectivity index (χ4v) is 6.05. The van der Waals surface area contributed by atoms with E-state index in [-0.39, 0.29) is 22.9 Å². The van der Waals surface area contributed by atoms with Gasteiger partial charge in [0.25, 0.3) is 5.56 Å². The number of benzene rings is 1. The molecule has 4 N–H and O–H groups in total. The first kappa shape index (κ1) is 27.8. The van der Waals surface area contributed by atoms with Crippen molar-refractivity contribution >= 4 is 39.7 Å². The third-order valence-corrected chi connectivity index (χ3v) is 8.50. The van der Waals surface area contributed by atoms with Crippen molar-refractivity contribution < 1.29 is 9.18 Å². The smallest absolute Gasteiger partial charge is 0.259 e. The summed E-state index contributed by atoms with van der Waals surface area (Å²) in [6.07, 6.45) is 10.5. The van der Waals surface area contributed by atoms with Crippen LogP contribution in [0.3, 0.4) is 0 Å². The number of piperidine rings is 1. The molecule has 0 radical (unpaired) electrons. The minimum Gasteiger partial charge on any atom is -0.370 e. The van der Waals surface area contributed by atoms with E-state index < -0.39 is 5.82 Å². The number of anilines is 4. The van der Waals surface area contributed by atoms with Crippen LogP contribution in [0.2, 0.25) is 0 Å². The number of aromatic amines is 1. The highest BCUT2D eigenvalue weighted by atomic mass is 19.1. The van der Waals surface area contributed by atoms with Crippen molar-refractivity contribution in [2.45, 2.75) is 51.0 Å². The van der Waals surface area contributed by atoms with Crippen LogP contribution in [0.25, 0.3) is 22.2 Å². The van der Waals surface area contributed by atoms with Crippen LogP contribution >= 0.6 is 0 Å². The summed E-state index contributed by atoms with van der Waals surface area (Å²) in [5.74, 6) is -0.0311. The Balaban J connectivity index is 1.25. The normalized spacial score (nSPS) is 16.5. The van der Waals surface area contributed by atoms with E-state index in [0.717, 1.165) is 63.7 Å². The molecule has 1 amide bonds. The first-order valence-corrected chi connectivity index (χ1v) is 14.8. The number of carbonyl (C=O) groups is 1. The van der Waals surface area contributed by atoms with Crippen molar-refractivity contribution in [2.24, 2.45) is 5.92 Å². The summed E-state index contributed by atoms with van der Waals surface area (Å²) in [5.41, 5.74) is 2.69. The fraction of sp³-hybridized carbons (Fsp3) is 0.375. The maximum atomic E-state index is 15.4. The Kier molecular flexibility index (Phi) is 8.14. The van der Waals surface area contributed by atoms with Crippen molar-refractivity contribution in [1.29, 1.82) is 0 Å². The lowest BCUT2D eigenvalue weighted by Crippen LogP contribution is -2.41. The molecule has 2 aliphatic rings. The monoisotopic (exact) mass is 569 g/mol. The highest BCUT2D eigenvalue weighted by Gasteiger charge is 2.22. The Labute approximate surface area is 244 Å². The van der Waals surface area contributed by atoms with Crippen molar-refractivity contribution in [1.82, 2.24) is 20.3 Å². The topological polar surface area (TPSA) is 115 Å². The van der Waals surface area contributed by atoms with Crippen LogP contribution in [0, 0.1) is 11.7 Å². The molecule has 9 nitrogen and oxygen atoms in total. The minimum absolute atomic E-state index is 0.0244. The zero-order chi connectivity index (χ0) is 29.1. The number of H-pyrrole nitrogens is 1. The summed E-state index contributed by atoms with van der Waals surface area (Å²) in [6, 6.07) is 12.4. The molecule has 0 unspecified atom stereocenters. The maximum Gasteiger partial charge on any atom is 0.259 e.